The predicted octanol–water partition coefficient (Wildman–Crippen LogP) is 0.959. The Labute approximate surface area is 143 Å². The summed E-state index contributed by atoms with van der Waals surface area (Å²) in [5.41, 5.74) is 1.03. The van der Waals surface area contributed by atoms with E-state index >= 15 is 0 Å². The lowest BCUT2D eigenvalue weighted by Crippen LogP contribution is -2.32. The zero-order valence-corrected chi connectivity index (χ0v) is 15.1. The Balaban J connectivity index is 1.99. The minimum absolute atomic E-state index is 0.0458. The van der Waals surface area contributed by atoms with Crippen LogP contribution in [0.3, 0.4) is 0 Å². The van der Waals surface area contributed by atoms with E-state index in [4.69, 9.17) is 9.47 Å². The molecule has 0 saturated carbocycles. The van der Waals surface area contributed by atoms with Gasteiger partial charge in [0.05, 0.1) is 20.5 Å². The van der Waals surface area contributed by atoms with Gasteiger partial charge in [-0.1, -0.05) is 12.1 Å². The van der Waals surface area contributed by atoms with Gasteiger partial charge in [0.1, 0.15) is 0 Å². The van der Waals surface area contributed by atoms with Crippen LogP contribution in [0.15, 0.2) is 18.2 Å². The maximum Gasteiger partial charge on any atom is 0.223 e. The van der Waals surface area contributed by atoms with Crippen LogP contribution >= 0.6 is 0 Å². The van der Waals surface area contributed by atoms with Crippen molar-refractivity contribution < 1.29 is 22.7 Å². The molecule has 8 heteroatoms. The van der Waals surface area contributed by atoms with E-state index in [0.717, 1.165) is 18.2 Å². The average Bonchev–Trinajstić information content (AvgIpc) is 3.02. The van der Waals surface area contributed by atoms with Crippen LogP contribution in [0.25, 0.3) is 0 Å². The number of sulfonamides is 1. The van der Waals surface area contributed by atoms with Crippen LogP contribution in [-0.4, -0.2) is 59.3 Å². The lowest BCUT2D eigenvalue weighted by molar-refractivity contribution is -0.130. The van der Waals surface area contributed by atoms with Crippen molar-refractivity contribution in [3.8, 4) is 11.5 Å². The lowest BCUT2D eigenvalue weighted by Gasteiger charge is -2.19. The molecule has 1 aliphatic rings. The standard InChI is InChI=1S/C16H24N2O5S/c1-22-14-6-4-5-13(16(14)23-2)12-8-10-18(11-12)15(19)7-9-17-24(3,20)21/h4-6,12,17H,7-11H2,1-3H3. The molecule has 1 fully saturated rings. The number of methoxy groups -OCH3 is 2. The van der Waals surface area contributed by atoms with Gasteiger partial charge in [-0.3, -0.25) is 4.79 Å². The highest BCUT2D eigenvalue weighted by Crippen LogP contribution is 2.39. The zero-order chi connectivity index (χ0) is 17.7. The second-order valence-electron chi connectivity index (χ2n) is 5.82. The monoisotopic (exact) mass is 356 g/mol. The van der Waals surface area contributed by atoms with Crippen molar-refractivity contribution in [2.24, 2.45) is 0 Å². The number of amides is 1. The number of nitrogens with one attached hydrogen (secondary N) is 1. The molecule has 1 unspecified atom stereocenters. The van der Waals surface area contributed by atoms with Gasteiger partial charge in [0, 0.05) is 37.5 Å². The largest absolute Gasteiger partial charge is 0.493 e. The fraction of sp³-hybridized carbons (Fsp3) is 0.562. The fourth-order valence-electron chi connectivity index (χ4n) is 2.98. The molecular weight excluding hydrogens is 332 g/mol. The summed E-state index contributed by atoms with van der Waals surface area (Å²) in [6.45, 7) is 1.38. The molecule has 2 rings (SSSR count). The minimum Gasteiger partial charge on any atom is -0.493 e. The first kappa shape index (κ1) is 18.5. The molecule has 1 saturated heterocycles. The zero-order valence-electron chi connectivity index (χ0n) is 14.2. The molecule has 1 aliphatic heterocycles. The number of rotatable bonds is 7. The molecule has 1 atom stereocenters. The molecule has 0 radical (unpaired) electrons. The molecule has 0 spiro atoms. The van der Waals surface area contributed by atoms with Crippen LogP contribution in [0.4, 0.5) is 0 Å². The van der Waals surface area contributed by atoms with Crippen molar-refractivity contribution in [2.75, 3.05) is 40.1 Å². The maximum absolute atomic E-state index is 12.2. The van der Waals surface area contributed by atoms with Gasteiger partial charge in [-0.05, 0) is 12.5 Å². The molecule has 1 N–H and O–H groups in total. The van der Waals surface area contributed by atoms with Gasteiger partial charge >= 0.3 is 0 Å². The van der Waals surface area contributed by atoms with E-state index in [0.29, 0.717) is 24.6 Å². The van der Waals surface area contributed by atoms with Gasteiger partial charge < -0.3 is 14.4 Å². The van der Waals surface area contributed by atoms with E-state index in [1.165, 1.54) is 0 Å². The number of nitrogens with zero attached hydrogens (tertiary/aromatic N) is 1. The number of carbonyl (C=O) groups is 1. The molecule has 134 valence electrons. The summed E-state index contributed by atoms with van der Waals surface area (Å²) in [5, 5.41) is 0. The van der Waals surface area contributed by atoms with Crippen LogP contribution in [0.1, 0.15) is 24.3 Å². The summed E-state index contributed by atoms with van der Waals surface area (Å²) in [6, 6.07) is 5.75. The van der Waals surface area contributed by atoms with Crippen molar-refractivity contribution in [3.63, 3.8) is 0 Å². The first-order valence-corrected chi connectivity index (χ1v) is 9.68. The van der Waals surface area contributed by atoms with Crippen LogP contribution in [-0.2, 0) is 14.8 Å². The van der Waals surface area contributed by atoms with E-state index < -0.39 is 10.0 Å². The van der Waals surface area contributed by atoms with E-state index in [1.54, 1.807) is 19.1 Å². The summed E-state index contributed by atoms with van der Waals surface area (Å²) in [5.74, 6) is 1.52. The number of hydrogen-bond acceptors (Lipinski definition) is 5. The quantitative estimate of drug-likeness (QED) is 0.787. The second-order valence-corrected chi connectivity index (χ2v) is 7.66. The van der Waals surface area contributed by atoms with Crippen molar-refractivity contribution in [1.82, 2.24) is 9.62 Å². The molecule has 24 heavy (non-hydrogen) atoms. The summed E-state index contributed by atoms with van der Waals surface area (Å²) in [7, 11) is -0.0596. The molecule has 1 amide bonds. The Morgan fingerprint density at radius 1 is 1.33 bits per heavy atom. The number of likely N-dealkylation sites (tertiary alicyclic amines) is 1. The SMILES string of the molecule is COc1cccc(C2CCN(C(=O)CCNS(C)(=O)=O)C2)c1OC. The van der Waals surface area contributed by atoms with Gasteiger partial charge in [-0.25, -0.2) is 13.1 Å². The number of hydrogen-bond donors (Lipinski definition) is 1. The van der Waals surface area contributed by atoms with Crippen LogP contribution < -0.4 is 14.2 Å². The van der Waals surface area contributed by atoms with Crippen molar-refractivity contribution >= 4 is 15.9 Å². The first-order chi connectivity index (χ1) is 11.4. The molecule has 7 nitrogen and oxygen atoms in total. The van der Waals surface area contributed by atoms with Crippen LogP contribution in [0.5, 0.6) is 11.5 Å². The summed E-state index contributed by atoms with van der Waals surface area (Å²) < 4.78 is 35.2. The lowest BCUT2D eigenvalue weighted by atomic mass is 9.97. The van der Waals surface area contributed by atoms with Crippen LogP contribution in [0, 0.1) is 0 Å². The predicted molar refractivity (Wildman–Crippen MR) is 90.9 cm³/mol. The smallest absolute Gasteiger partial charge is 0.223 e. The number of para-hydroxylation sites is 1. The number of benzene rings is 1. The third kappa shape index (κ3) is 4.61. The topological polar surface area (TPSA) is 84.9 Å². The third-order valence-corrected chi connectivity index (χ3v) is 4.85. The first-order valence-electron chi connectivity index (χ1n) is 7.79. The highest BCUT2D eigenvalue weighted by Gasteiger charge is 2.29. The number of ether oxygens (including phenoxy) is 2. The molecule has 0 bridgehead atoms. The Hall–Kier alpha value is -1.80. The summed E-state index contributed by atoms with van der Waals surface area (Å²) in [6.07, 6.45) is 2.09. The number of carbonyl (C=O) groups excluding carboxylic acids is 1. The van der Waals surface area contributed by atoms with Gasteiger partial charge in [-0.15, -0.1) is 0 Å². The van der Waals surface area contributed by atoms with Crippen molar-refractivity contribution in [1.29, 1.82) is 0 Å². The Kier molecular flexibility index (Phi) is 6.06. The highest BCUT2D eigenvalue weighted by molar-refractivity contribution is 7.88. The van der Waals surface area contributed by atoms with Gasteiger partial charge in [0.25, 0.3) is 0 Å². The summed E-state index contributed by atoms with van der Waals surface area (Å²) in [4.78, 5) is 14.0. The molecule has 0 aliphatic carbocycles. The molecule has 1 heterocycles. The van der Waals surface area contributed by atoms with Crippen molar-refractivity contribution in [2.45, 2.75) is 18.8 Å². The fourth-order valence-corrected chi connectivity index (χ4v) is 3.45. The van der Waals surface area contributed by atoms with Gasteiger partial charge in [-0.2, -0.15) is 0 Å². The third-order valence-electron chi connectivity index (χ3n) is 4.12. The normalized spacial score (nSPS) is 17.8. The summed E-state index contributed by atoms with van der Waals surface area (Å²) >= 11 is 0. The maximum atomic E-state index is 12.2. The van der Waals surface area contributed by atoms with E-state index in [2.05, 4.69) is 4.72 Å². The Morgan fingerprint density at radius 3 is 2.71 bits per heavy atom. The Morgan fingerprint density at radius 2 is 2.08 bits per heavy atom. The van der Waals surface area contributed by atoms with Crippen LogP contribution in [0.2, 0.25) is 0 Å². The Bertz CT molecular complexity index is 690. The highest BCUT2D eigenvalue weighted by atomic mass is 32.2. The molecule has 1 aromatic rings. The average molecular weight is 356 g/mol. The van der Waals surface area contributed by atoms with Gasteiger partial charge in [0.2, 0.25) is 15.9 Å². The molecular formula is C16H24N2O5S. The van der Waals surface area contributed by atoms with Crippen molar-refractivity contribution in [3.05, 3.63) is 23.8 Å². The minimum atomic E-state index is -3.26. The van der Waals surface area contributed by atoms with E-state index in [-0.39, 0.29) is 24.8 Å². The molecule has 0 aromatic heterocycles. The van der Waals surface area contributed by atoms with E-state index in [9.17, 15) is 13.2 Å². The molecule has 1 aromatic carbocycles. The second kappa shape index (κ2) is 7.85. The van der Waals surface area contributed by atoms with Gasteiger partial charge in [0.15, 0.2) is 11.5 Å². The van der Waals surface area contributed by atoms with E-state index in [1.807, 2.05) is 18.2 Å².